The third-order valence-corrected chi connectivity index (χ3v) is 4.53. The Labute approximate surface area is 148 Å². The molecule has 1 unspecified atom stereocenters. The van der Waals surface area contributed by atoms with Crippen molar-refractivity contribution in [3.05, 3.63) is 59.7 Å². The normalized spacial score (nSPS) is 14.9. The van der Waals surface area contributed by atoms with Crippen molar-refractivity contribution in [3.8, 4) is 11.5 Å². The van der Waals surface area contributed by atoms with Crippen LogP contribution in [0.1, 0.15) is 44.2 Å². The molecule has 0 aliphatic carbocycles. The van der Waals surface area contributed by atoms with Crippen LogP contribution in [0.5, 0.6) is 11.5 Å². The molecule has 25 heavy (non-hydrogen) atoms. The second-order valence-electron chi connectivity index (χ2n) is 7.55. The summed E-state index contributed by atoms with van der Waals surface area (Å²) in [6.45, 7) is 6.38. The fraction of sp³-hybridized carbons (Fsp3) is 0.381. The molecule has 3 rings (SSSR count). The lowest BCUT2D eigenvalue weighted by atomic mass is 9.85. The Hall–Kier alpha value is -2.33. The smallest absolute Gasteiger partial charge is 0.232 e. The van der Waals surface area contributed by atoms with Gasteiger partial charge in [-0.25, -0.2) is 0 Å². The molecule has 0 saturated heterocycles. The standard InChI is InChI=1S/C21H25NO3/c1-14(23)12-21(2,3)13-22-20(24)19-15-8-4-6-10-17(15)25-18-11-7-5-9-16(18)19/h4-11,14,19,23H,12-13H2,1-3H3,(H,22,24). The summed E-state index contributed by atoms with van der Waals surface area (Å²) in [6, 6.07) is 15.3. The van der Waals surface area contributed by atoms with E-state index in [1.807, 2.05) is 62.4 Å². The number of amides is 1. The molecule has 132 valence electrons. The quantitative estimate of drug-likeness (QED) is 0.870. The number of hydrogen-bond acceptors (Lipinski definition) is 3. The zero-order valence-corrected chi connectivity index (χ0v) is 15.0. The molecule has 0 fully saturated rings. The van der Waals surface area contributed by atoms with Gasteiger partial charge < -0.3 is 15.2 Å². The average molecular weight is 339 g/mol. The van der Waals surface area contributed by atoms with Gasteiger partial charge in [-0.2, -0.15) is 0 Å². The van der Waals surface area contributed by atoms with Crippen LogP contribution in [0, 0.1) is 5.41 Å². The number of fused-ring (bicyclic) bond motifs is 2. The van der Waals surface area contributed by atoms with Gasteiger partial charge in [0.15, 0.2) is 0 Å². The van der Waals surface area contributed by atoms with Gasteiger partial charge in [0.05, 0.1) is 12.0 Å². The van der Waals surface area contributed by atoms with Gasteiger partial charge in [0, 0.05) is 17.7 Å². The van der Waals surface area contributed by atoms with Gasteiger partial charge in [0.25, 0.3) is 0 Å². The molecule has 4 nitrogen and oxygen atoms in total. The summed E-state index contributed by atoms with van der Waals surface area (Å²) in [5.41, 5.74) is 1.59. The van der Waals surface area contributed by atoms with Crippen LogP contribution in [0.3, 0.4) is 0 Å². The van der Waals surface area contributed by atoms with E-state index in [-0.39, 0.29) is 17.2 Å². The first-order valence-corrected chi connectivity index (χ1v) is 8.69. The molecule has 4 heteroatoms. The summed E-state index contributed by atoms with van der Waals surface area (Å²) in [4.78, 5) is 13.0. The summed E-state index contributed by atoms with van der Waals surface area (Å²) < 4.78 is 5.94. The number of benzene rings is 2. The van der Waals surface area contributed by atoms with Gasteiger partial charge in [-0.15, -0.1) is 0 Å². The summed E-state index contributed by atoms with van der Waals surface area (Å²) >= 11 is 0. The van der Waals surface area contributed by atoms with Crippen LogP contribution in [0.15, 0.2) is 48.5 Å². The number of ether oxygens (including phenoxy) is 1. The predicted octanol–water partition coefficient (Wildman–Crippen LogP) is 3.84. The lowest BCUT2D eigenvalue weighted by Crippen LogP contribution is -2.39. The Bertz CT molecular complexity index is 722. The Balaban J connectivity index is 1.85. The molecule has 1 aliphatic rings. The molecule has 1 atom stereocenters. The van der Waals surface area contributed by atoms with Crippen molar-refractivity contribution in [3.63, 3.8) is 0 Å². The van der Waals surface area contributed by atoms with Crippen LogP contribution >= 0.6 is 0 Å². The van der Waals surface area contributed by atoms with Crippen molar-refractivity contribution < 1.29 is 14.6 Å². The highest BCUT2D eigenvalue weighted by atomic mass is 16.5. The fourth-order valence-corrected chi connectivity index (χ4v) is 3.49. The number of aliphatic hydroxyl groups excluding tert-OH is 1. The summed E-state index contributed by atoms with van der Waals surface area (Å²) in [7, 11) is 0. The average Bonchev–Trinajstić information content (AvgIpc) is 2.56. The second kappa shape index (κ2) is 6.89. The molecular formula is C21H25NO3. The Kier molecular flexibility index (Phi) is 4.82. The summed E-state index contributed by atoms with van der Waals surface area (Å²) in [5.74, 6) is 1.03. The minimum Gasteiger partial charge on any atom is -0.457 e. The van der Waals surface area contributed by atoms with Crippen molar-refractivity contribution in [2.75, 3.05) is 6.54 Å². The molecule has 2 N–H and O–H groups in total. The third kappa shape index (κ3) is 3.85. The van der Waals surface area contributed by atoms with Gasteiger partial charge in [-0.3, -0.25) is 4.79 Å². The largest absolute Gasteiger partial charge is 0.457 e. The van der Waals surface area contributed by atoms with Crippen LogP contribution in [-0.4, -0.2) is 23.7 Å². The molecule has 0 spiro atoms. The maximum atomic E-state index is 13.0. The molecule has 1 aliphatic heterocycles. The number of rotatable bonds is 5. The van der Waals surface area contributed by atoms with Gasteiger partial charge in [0.2, 0.25) is 5.91 Å². The Morgan fingerprint density at radius 2 is 1.64 bits per heavy atom. The van der Waals surface area contributed by atoms with E-state index in [0.29, 0.717) is 13.0 Å². The van der Waals surface area contributed by atoms with Gasteiger partial charge >= 0.3 is 0 Å². The molecular weight excluding hydrogens is 314 g/mol. The minimum atomic E-state index is -0.392. The molecule has 0 radical (unpaired) electrons. The zero-order chi connectivity index (χ0) is 18.0. The molecule has 0 saturated carbocycles. The van der Waals surface area contributed by atoms with Crippen molar-refractivity contribution in [2.45, 2.75) is 39.2 Å². The van der Waals surface area contributed by atoms with Crippen LogP contribution in [0.25, 0.3) is 0 Å². The van der Waals surface area contributed by atoms with Crippen LogP contribution in [0.2, 0.25) is 0 Å². The Morgan fingerprint density at radius 3 is 2.16 bits per heavy atom. The molecule has 1 amide bonds. The fourth-order valence-electron chi connectivity index (χ4n) is 3.49. The number of para-hydroxylation sites is 2. The molecule has 2 aromatic carbocycles. The molecule has 0 aromatic heterocycles. The zero-order valence-electron chi connectivity index (χ0n) is 15.0. The van der Waals surface area contributed by atoms with E-state index in [0.717, 1.165) is 22.6 Å². The third-order valence-electron chi connectivity index (χ3n) is 4.53. The first-order valence-electron chi connectivity index (χ1n) is 8.69. The van der Waals surface area contributed by atoms with Crippen LogP contribution < -0.4 is 10.1 Å². The summed E-state index contributed by atoms with van der Waals surface area (Å²) in [5, 5.41) is 12.7. The highest BCUT2D eigenvalue weighted by Crippen LogP contribution is 2.43. The van der Waals surface area contributed by atoms with E-state index in [1.54, 1.807) is 6.92 Å². The van der Waals surface area contributed by atoms with Crippen molar-refractivity contribution in [2.24, 2.45) is 5.41 Å². The number of nitrogens with one attached hydrogen (secondary N) is 1. The van der Waals surface area contributed by atoms with E-state index < -0.39 is 6.10 Å². The van der Waals surface area contributed by atoms with Crippen molar-refractivity contribution in [1.29, 1.82) is 0 Å². The van der Waals surface area contributed by atoms with E-state index in [2.05, 4.69) is 5.32 Å². The number of aliphatic hydroxyl groups is 1. The van der Waals surface area contributed by atoms with E-state index in [1.165, 1.54) is 0 Å². The van der Waals surface area contributed by atoms with Crippen LogP contribution in [-0.2, 0) is 4.79 Å². The SMILES string of the molecule is CC(O)CC(C)(C)CNC(=O)C1c2ccccc2Oc2ccccc21. The van der Waals surface area contributed by atoms with Gasteiger partial charge in [-0.1, -0.05) is 50.2 Å². The number of hydrogen-bond donors (Lipinski definition) is 2. The van der Waals surface area contributed by atoms with E-state index >= 15 is 0 Å². The number of carbonyl (C=O) groups is 1. The molecule has 1 heterocycles. The summed E-state index contributed by atoms with van der Waals surface area (Å²) in [6.07, 6.45) is 0.241. The lowest BCUT2D eigenvalue weighted by Gasteiger charge is -2.30. The van der Waals surface area contributed by atoms with E-state index in [9.17, 15) is 9.90 Å². The highest BCUT2D eigenvalue weighted by molar-refractivity contribution is 5.89. The lowest BCUT2D eigenvalue weighted by molar-refractivity contribution is -0.122. The van der Waals surface area contributed by atoms with Crippen molar-refractivity contribution in [1.82, 2.24) is 5.32 Å². The molecule has 0 bridgehead atoms. The maximum Gasteiger partial charge on any atom is 0.232 e. The number of carbonyl (C=O) groups excluding carboxylic acids is 1. The Morgan fingerprint density at radius 1 is 1.12 bits per heavy atom. The van der Waals surface area contributed by atoms with Gasteiger partial charge in [-0.05, 0) is 30.9 Å². The highest BCUT2D eigenvalue weighted by Gasteiger charge is 2.33. The first kappa shape index (κ1) is 17.5. The van der Waals surface area contributed by atoms with Crippen LogP contribution in [0.4, 0.5) is 0 Å². The molecule has 2 aromatic rings. The second-order valence-corrected chi connectivity index (χ2v) is 7.55. The minimum absolute atomic E-state index is 0.0399. The topological polar surface area (TPSA) is 58.6 Å². The maximum absolute atomic E-state index is 13.0. The van der Waals surface area contributed by atoms with E-state index in [4.69, 9.17) is 4.74 Å². The monoisotopic (exact) mass is 339 g/mol. The first-order chi connectivity index (χ1) is 11.9. The van der Waals surface area contributed by atoms with Gasteiger partial charge in [0.1, 0.15) is 11.5 Å². The van der Waals surface area contributed by atoms with Crippen molar-refractivity contribution >= 4 is 5.91 Å². The predicted molar refractivity (Wildman–Crippen MR) is 97.9 cm³/mol.